The molecule has 10 heteroatoms. The number of rotatable bonds is 12. The number of methoxy groups -OCH3 is 2. The van der Waals surface area contributed by atoms with E-state index in [0.717, 1.165) is 0 Å². The largest absolute Gasteiger partial charge is 0.497 e. The minimum Gasteiger partial charge on any atom is -0.497 e. The molecule has 0 fully saturated rings. The predicted molar refractivity (Wildman–Crippen MR) is 129 cm³/mol. The first-order valence-corrected chi connectivity index (χ1v) is 11.0. The number of amides is 2. The molecule has 188 valence electrons. The molecule has 0 heterocycles. The third-order valence-electron chi connectivity index (χ3n) is 4.53. The first-order chi connectivity index (χ1) is 16.7. The number of hydrogen-bond donors (Lipinski definition) is 2. The zero-order chi connectivity index (χ0) is 25.8. The van der Waals surface area contributed by atoms with Gasteiger partial charge in [0.1, 0.15) is 11.5 Å². The maximum atomic E-state index is 12.2. The van der Waals surface area contributed by atoms with Crippen molar-refractivity contribution < 1.29 is 38.1 Å². The number of carbonyl (C=O) groups excluding carboxylic acids is 4. The van der Waals surface area contributed by atoms with Gasteiger partial charge in [0.05, 0.1) is 38.5 Å². The number of ether oxygens (including phenoxy) is 4. The summed E-state index contributed by atoms with van der Waals surface area (Å²) in [6.07, 6.45) is -0.379. The Morgan fingerprint density at radius 3 is 2.31 bits per heavy atom. The van der Waals surface area contributed by atoms with Crippen molar-refractivity contribution in [2.24, 2.45) is 5.92 Å². The van der Waals surface area contributed by atoms with E-state index in [1.807, 2.05) is 13.8 Å². The molecule has 2 amide bonds. The van der Waals surface area contributed by atoms with Crippen molar-refractivity contribution in [3.8, 4) is 11.5 Å². The van der Waals surface area contributed by atoms with Gasteiger partial charge in [-0.1, -0.05) is 19.9 Å². The Kier molecular flexibility index (Phi) is 10.5. The van der Waals surface area contributed by atoms with E-state index in [1.165, 1.54) is 20.3 Å². The highest BCUT2D eigenvalue weighted by atomic mass is 16.5. The molecule has 10 nitrogen and oxygen atoms in total. The van der Waals surface area contributed by atoms with Crippen LogP contribution in [0.1, 0.15) is 37.0 Å². The molecule has 0 aromatic heterocycles. The molecule has 0 bridgehead atoms. The summed E-state index contributed by atoms with van der Waals surface area (Å²) in [7, 11) is 2.96. The van der Waals surface area contributed by atoms with Crippen LogP contribution in [0.3, 0.4) is 0 Å². The summed E-state index contributed by atoms with van der Waals surface area (Å²) in [5.41, 5.74) is 1.10. The first kappa shape index (κ1) is 27.2. The number of benzene rings is 2. The van der Waals surface area contributed by atoms with Gasteiger partial charge in [0.2, 0.25) is 5.91 Å². The first-order valence-electron chi connectivity index (χ1n) is 11.0. The summed E-state index contributed by atoms with van der Waals surface area (Å²) in [5, 5.41) is 5.20. The summed E-state index contributed by atoms with van der Waals surface area (Å²) in [4.78, 5) is 48.3. The molecule has 0 saturated heterocycles. The average Bonchev–Trinajstić information content (AvgIpc) is 2.85. The molecule has 2 rings (SSSR count). The normalized spacial score (nSPS) is 10.3. The van der Waals surface area contributed by atoms with Crippen molar-refractivity contribution in [1.82, 2.24) is 0 Å². The van der Waals surface area contributed by atoms with Gasteiger partial charge in [0.15, 0.2) is 6.61 Å². The topological polar surface area (TPSA) is 129 Å². The minimum atomic E-state index is -0.706. The van der Waals surface area contributed by atoms with E-state index in [4.69, 9.17) is 18.9 Å². The van der Waals surface area contributed by atoms with Crippen LogP contribution in [0.4, 0.5) is 11.4 Å². The lowest BCUT2D eigenvalue weighted by molar-refractivity contribution is -0.147. The van der Waals surface area contributed by atoms with Crippen LogP contribution >= 0.6 is 0 Å². The molecule has 0 spiro atoms. The SMILES string of the molecule is COc1ccc(NC(=O)COC(=O)CCC(=O)Nc2cccc(C(=O)OCC(C)C)c2)c(OC)c1. The lowest BCUT2D eigenvalue weighted by Crippen LogP contribution is -2.22. The van der Waals surface area contributed by atoms with Crippen molar-refractivity contribution in [3.63, 3.8) is 0 Å². The Hall–Kier alpha value is -4.08. The smallest absolute Gasteiger partial charge is 0.338 e. The molecular weight excluding hydrogens is 456 g/mol. The summed E-state index contributed by atoms with van der Waals surface area (Å²) in [6.45, 7) is 3.64. The van der Waals surface area contributed by atoms with Crippen LogP contribution < -0.4 is 20.1 Å². The molecule has 0 radical (unpaired) electrons. The van der Waals surface area contributed by atoms with Crippen molar-refractivity contribution in [1.29, 1.82) is 0 Å². The summed E-state index contributed by atoms with van der Waals surface area (Å²) < 4.78 is 20.4. The molecule has 0 aliphatic carbocycles. The maximum Gasteiger partial charge on any atom is 0.338 e. The van der Waals surface area contributed by atoms with Crippen LogP contribution in [-0.2, 0) is 23.9 Å². The van der Waals surface area contributed by atoms with Crippen LogP contribution in [-0.4, -0.2) is 51.2 Å². The van der Waals surface area contributed by atoms with E-state index < -0.39 is 30.4 Å². The second-order valence-electron chi connectivity index (χ2n) is 7.90. The molecule has 2 aromatic carbocycles. The predicted octanol–water partition coefficient (Wildman–Crippen LogP) is 3.42. The number of carbonyl (C=O) groups is 4. The zero-order valence-electron chi connectivity index (χ0n) is 20.2. The van der Waals surface area contributed by atoms with Crippen molar-refractivity contribution in [2.75, 3.05) is 38.1 Å². The molecular formula is C25H30N2O8. The zero-order valence-corrected chi connectivity index (χ0v) is 20.2. The third-order valence-corrected chi connectivity index (χ3v) is 4.53. The molecule has 35 heavy (non-hydrogen) atoms. The Morgan fingerprint density at radius 2 is 1.63 bits per heavy atom. The fourth-order valence-corrected chi connectivity index (χ4v) is 2.79. The lowest BCUT2D eigenvalue weighted by Gasteiger charge is -2.12. The van der Waals surface area contributed by atoms with E-state index in [2.05, 4.69) is 10.6 Å². The van der Waals surface area contributed by atoms with Gasteiger partial charge in [-0.25, -0.2) is 4.79 Å². The van der Waals surface area contributed by atoms with E-state index in [9.17, 15) is 19.2 Å². The van der Waals surface area contributed by atoms with Gasteiger partial charge in [-0.2, -0.15) is 0 Å². The molecule has 0 saturated carbocycles. The Balaban J connectivity index is 1.76. The lowest BCUT2D eigenvalue weighted by atomic mass is 10.2. The van der Waals surface area contributed by atoms with Crippen LogP contribution in [0, 0.1) is 5.92 Å². The Bertz CT molecular complexity index is 1050. The van der Waals surface area contributed by atoms with E-state index in [1.54, 1.807) is 36.4 Å². The molecule has 0 aliphatic heterocycles. The highest BCUT2D eigenvalue weighted by molar-refractivity contribution is 5.96. The molecule has 2 N–H and O–H groups in total. The van der Waals surface area contributed by atoms with E-state index >= 15 is 0 Å². The molecule has 0 atom stereocenters. The van der Waals surface area contributed by atoms with Gasteiger partial charge in [-0.15, -0.1) is 0 Å². The fourth-order valence-electron chi connectivity index (χ4n) is 2.79. The Morgan fingerprint density at radius 1 is 0.857 bits per heavy atom. The van der Waals surface area contributed by atoms with E-state index in [-0.39, 0.29) is 18.8 Å². The second kappa shape index (κ2) is 13.6. The molecule has 0 aliphatic rings. The van der Waals surface area contributed by atoms with Gasteiger partial charge in [0.25, 0.3) is 5.91 Å². The molecule has 0 unspecified atom stereocenters. The maximum absolute atomic E-state index is 12.2. The average molecular weight is 487 g/mol. The number of esters is 2. The van der Waals surface area contributed by atoms with Crippen LogP contribution in [0.25, 0.3) is 0 Å². The monoisotopic (exact) mass is 486 g/mol. The van der Waals surface area contributed by atoms with Gasteiger partial charge < -0.3 is 29.6 Å². The van der Waals surface area contributed by atoms with Gasteiger partial charge in [0, 0.05) is 18.2 Å². The van der Waals surface area contributed by atoms with E-state index in [0.29, 0.717) is 35.0 Å². The number of hydrogen-bond acceptors (Lipinski definition) is 8. The molecule has 2 aromatic rings. The van der Waals surface area contributed by atoms with Crippen molar-refractivity contribution >= 4 is 35.1 Å². The van der Waals surface area contributed by atoms with Crippen molar-refractivity contribution in [3.05, 3.63) is 48.0 Å². The number of nitrogens with one attached hydrogen (secondary N) is 2. The van der Waals surface area contributed by atoms with Crippen LogP contribution in [0.2, 0.25) is 0 Å². The van der Waals surface area contributed by atoms with Gasteiger partial charge >= 0.3 is 11.9 Å². The summed E-state index contributed by atoms with van der Waals surface area (Å²) >= 11 is 0. The quantitative estimate of drug-likeness (QED) is 0.437. The third kappa shape index (κ3) is 9.36. The second-order valence-corrected chi connectivity index (χ2v) is 7.90. The van der Waals surface area contributed by atoms with Crippen molar-refractivity contribution in [2.45, 2.75) is 26.7 Å². The van der Waals surface area contributed by atoms with Gasteiger partial charge in [-0.05, 0) is 36.2 Å². The fraction of sp³-hybridized carbons (Fsp3) is 0.360. The highest BCUT2D eigenvalue weighted by Gasteiger charge is 2.14. The Labute approximate surface area is 203 Å². The van der Waals surface area contributed by atoms with Gasteiger partial charge in [-0.3, -0.25) is 14.4 Å². The summed E-state index contributed by atoms with van der Waals surface area (Å²) in [6, 6.07) is 11.2. The number of anilines is 2. The van der Waals surface area contributed by atoms with Crippen LogP contribution in [0.5, 0.6) is 11.5 Å². The van der Waals surface area contributed by atoms with Crippen LogP contribution in [0.15, 0.2) is 42.5 Å². The summed E-state index contributed by atoms with van der Waals surface area (Å²) in [5.74, 6) is -1.04. The minimum absolute atomic E-state index is 0.158. The standard InChI is InChI=1S/C25H30N2O8/c1-16(2)14-35-25(31)17-6-5-7-18(12-17)26-22(28)10-11-24(30)34-15-23(29)27-20-9-8-19(32-3)13-21(20)33-4/h5-9,12-13,16H,10-11,14-15H2,1-4H3,(H,26,28)(H,27,29). The highest BCUT2D eigenvalue weighted by Crippen LogP contribution is 2.28.